The van der Waals surface area contributed by atoms with Crippen molar-refractivity contribution in [2.24, 2.45) is 15.6 Å². The Morgan fingerprint density at radius 2 is 1.89 bits per heavy atom. The largest absolute Gasteiger partial charge is 0.481 e. The number of hydrogen-bond donors (Lipinski definition) is 0. The molecular formula is C40H39ClFN7O7S. The third-order valence-electron chi connectivity index (χ3n) is 8.27. The molecule has 4 heterocycles. The molecule has 2 aromatic heterocycles. The number of benzene rings is 3. The van der Waals surface area contributed by atoms with Gasteiger partial charge in [-0.2, -0.15) is 4.37 Å². The summed E-state index contributed by atoms with van der Waals surface area (Å²) in [6, 6.07) is 14.8. The predicted molar refractivity (Wildman–Crippen MR) is 213 cm³/mol. The molecule has 0 fully saturated rings. The van der Waals surface area contributed by atoms with Gasteiger partial charge in [-0.15, -0.1) is 6.42 Å². The SMILES string of the molecule is C#CCN1C(=O)COc2cc(F)c(N=c3snc4n3CC(C)(C)C4)cc21.CC(C)=NOCCOC(=O)[C@@H](C)Oc1ccc(Oc2cnc3cc(Cl)ccc3n2)cc1. The van der Waals surface area contributed by atoms with Crippen LogP contribution in [0.25, 0.3) is 11.0 Å². The number of fused-ring (bicyclic) bond motifs is 3. The van der Waals surface area contributed by atoms with E-state index in [1.54, 1.807) is 49.4 Å². The van der Waals surface area contributed by atoms with Gasteiger partial charge in [0.15, 0.2) is 25.1 Å². The van der Waals surface area contributed by atoms with Gasteiger partial charge in [0.1, 0.15) is 35.4 Å². The van der Waals surface area contributed by atoms with Crippen LogP contribution in [0, 0.1) is 23.6 Å². The number of terminal acetylenes is 1. The third-order valence-corrected chi connectivity index (χ3v) is 9.29. The highest BCUT2D eigenvalue weighted by atomic mass is 35.5. The van der Waals surface area contributed by atoms with Crippen molar-refractivity contribution in [3.05, 3.63) is 82.3 Å². The lowest BCUT2D eigenvalue weighted by atomic mass is 9.92. The quantitative estimate of drug-likeness (QED) is 0.0446. The second kappa shape index (κ2) is 17.8. The molecule has 0 unspecified atom stereocenters. The van der Waals surface area contributed by atoms with Gasteiger partial charge >= 0.3 is 5.97 Å². The number of nitrogens with zero attached hydrogens (tertiary/aromatic N) is 7. The van der Waals surface area contributed by atoms with Gasteiger partial charge in [0.05, 0.1) is 35.2 Å². The van der Waals surface area contributed by atoms with Crippen LogP contribution in [0.4, 0.5) is 15.8 Å². The minimum atomic E-state index is -0.777. The van der Waals surface area contributed by atoms with Gasteiger partial charge in [-0.1, -0.05) is 36.5 Å². The Balaban J connectivity index is 0.000000195. The first-order chi connectivity index (χ1) is 27.3. The zero-order valence-electron chi connectivity index (χ0n) is 31.8. The number of carbonyl (C=O) groups is 2. The van der Waals surface area contributed by atoms with Crippen LogP contribution in [0.5, 0.6) is 23.1 Å². The number of ether oxygens (including phenoxy) is 4. The van der Waals surface area contributed by atoms with Crippen molar-refractivity contribution in [2.45, 2.75) is 53.7 Å². The van der Waals surface area contributed by atoms with Crippen molar-refractivity contribution in [3.63, 3.8) is 0 Å². The molecule has 14 nitrogen and oxygen atoms in total. The second-order valence-corrected chi connectivity index (χ2v) is 15.0. The molecule has 5 aromatic rings. The van der Waals surface area contributed by atoms with E-state index in [0.29, 0.717) is 49.7 Å². The first-order valence-corrected chi connectivity index (χ1v) is 18.9. The van der Waals surface area contributed by atoms with Crippen molar-refractivity contribution in [1.82, 2.24) is 18.9 Å². The molecule has 1 amide bonds. The van der Waals surface area contributed by atoms with E-state index < -0.39 is 17.9 Å². The van der Waals surface area contributed by atoms with E-state index in [1.165, 1.54) is 34.8 Å². The minimum absolute atomic E-state index is 0.0924. The molecule has 0 N–H and O–H groups in total. The molecule has 0 spiro atoms. The van der Waals surface area contributed by atoms with Crippen LogP contribution in [0.15, 0.2) is 70.9 Å². The van der Waals surface area contributed by atoms with Gasteiger partial charge < -0.3 is 28.4 Å². The summed E-state index contributed by atoms with van der Waals surface area (Å²) in [5.41, 5.74) is 2.82. The lowest BCUT2D eigenvalue weighted by molar-refractivity contribution is -0.152. The maximum absolute atomic E-state index is 14.5. The molecule has 0 radical (unpaired) electrons. The van der Waals surface area contributed by atoms with Gasteiger partial charge in [-0.3, -0.25) is 9.69 Å². The number of anilines is 1. The van der Waals surface area contributed by atoms with Crippen LogP contribution in [0.2, 0.25) is 5.02 Å². The molecule has 3 aromatic carbocycles. The van der Waals surface area contributed by atoms with Gasteiger partial charge in [-0.05, 0) is 74.7 Å². The fourth-order valence-electron chi connectivity index (χ4n) is 5.69. The molecule has 0 saturated heterocycles. The van der Waals surface area contributed by atoms with E-state index in [0.717, 1.165) is 24.5 Å². The summed E-state index contributed by atoms with van der Waals surface area (Å²) in [6.07, 6.45) is 6.97. The average molecular weight is 816 g/mol. The number of hydrogen-bond acceptors (Lipinski definition) is 13. The fraction of sp³-hybridized carbons (Fsp3) is 0.325. The topological polar surface area (TPSA) is 152 Å². The molecule has 2 aliphatic rings. The van der Waals surface area contributed by atoms with Crippen LogP contribution < -0.4 is 23.9 Å². The van der Waals surface area contributed by atoms with Crippen molar-refractivity contribution >= 4 is 63.1 Å². The first-order valence-electron chi connectivity index (χ1n) is 17.8. The van der Waals surface area contributed by atoms with E-state index in [2.05, 4.69) is 44.3 Å². The number of aromatic nitrogens is 4. The van der Waals surface area contributed by atoms with Crippen molar-refractivity contribution < 1.29 is 37.8 Å². The van der Waals surface area contributed by atoms with Crippen molar-refractivity contribution in [3.8, 4) is 35.5 Å². The molecule has 7 rings (SSSR count). The van der Waals surface area contributed by atoms with Crippen LogP contribution in [-0.2, 0) is 32.1 Å². The molecule has 57 heavy (non-hydrogen) atoms. The Morgan fingerprint density at radius 1 is 1.12 bits per heavy atom. The predicted octanol–water partition coefficient (Wildman–Crippen LogP) is 7.06. The summed E-state index contributed by atoms with van der Waals surface area (Å²) in [5, 5.41) is 4.35. The van der Waals surface area contributed by atoms with Crippen LogP contribution in [0.3, 0.4) is 0 Å². The van der Waals surface area contributed by atoms with E-state index in [4.69, 9.17) is 41.8 Å². The normalized spacial score (nSPS) is 14.6. The van der Waals surface area contributed by atoms with Crippen LogP contribution in [-0.4, -0.2) is 69.0 Å². The summed E-state index contributed by atoms with van der Waals surface area (Å²) in [7, 11) is 0. The van der Waals surface area contributed by atoms with Gasteiger partial charge in [-0.25, -0.2) is 24.1 Å². The van der Waals surface area contributed by atoms with E-state index in [1.807, 2.05) is 18.4 Å². The molecular weight excluding hydrogens is 777 g/mol. The second-order valence-electron chi connectivity index (χ2n) is 13.9. The number of halogens is 2. The van der Waals surface area contributed by atoms with Gasteiger partial charge in [0.2, 0.25) is 10.7 Å². The highest BCUT2D eigenvalue weighted by Gasteiger charge is 2.31. The Morgan fingerprint density at radius 3 is 2.65 bits per heavy atom. The van der Waals surface area contributed by atoms with E-state index in [-0.39, 0.29) is 43.4 Å². The number of esters is 1. The molecule has 0 bridgehead atoms. The summed E-state index contributed by atoms with van der Waals surface area (Å²) >= 11 is 7.20. The maximum atomic E-state index is 14.5. The zero-order valence-corrected chi connectivity index (χ0v) is 33.4. The standard InChI is InChI=1S/C22H22ClN3O5.C18H17FN4O2S/c1-14(2)26-29-11-10-28-22(27)15(3)30-17-5-7-18(8-6-17)31-21-13-24-20-12-16(23)4-9-19(20)25-21;1-4-5-22-13-7-12(11(19)6-14(13)25-9-16(22)24)20-17-23-10-18(2,3)8-15(23)21-26-17/h4-9,12-13,15H,10-11H2,1-3H3;1,6-7H,5,8-10H2,2-3H3/t15-;/m1./s1. The van der Waals surface area contributed by atoms with E-state index in [9.17, 15) is 14.0 Å². The highest BCUT2D eigenvalue weighted by molar-refractivity contribution is 7.02. The third kappa shape index (κ3) is 10.4. The number of oxime groups is 1. The van der Waals surface area contributed by atoms with Crippen LogP contribution in [0.1, 0.15) is 40.4 Å². The summed E-state index contributed by atoms with van der Waals surface area (Å²) in [5.74, 6) is 3.83. The minimum Gasteiger partial charge on any atom is -0.481 e. The maximum Gasteiger partial charge on any atom is 0.347 e. The molecule has 17 heteroatoms. The molecule has 0 aliphatic carbocycles. The lowest BCUT2D eigenvalue weighted by Gasteiger charge is -2.28. The smallest absolute Gasteiger partial charge is 0.347 e. The molecule has 0 saturated carbocycles. The lowest BCUT2D eigenvalue weighted by Crippen LogP contribution is -2.39. The summed E-state index contributed by atoms with van der Waals surface area (Å²) in [4.78, 5) is 44.2. The summed E-state index contributed by atoms with van der Waals surface area (Å²) in [6.45, 7) is 10.6. The van der Waals surface area contributed by atoms with Crippen LogP contribution >= 0.6 is 23.1 Å². The Kier molecular flexibility index (Phi) is 12.7. The number of rotatable bonds is 11. The van der Waals surface area contributed by atoms with Gasteiger partial charge in [0.25, 0.3) is 5.91 Å². The molecule has 1 atom stereocenters. The Bertz CT molecular complexity index is 2420. The highest BCUT2D eigenvalue weighted by Crippen LogP contribution is 2.37. The Labute approximate surface area is 337 Å². The van der Waals surface area contributed by atoms with Crippen molar-refractivity contribution in [1.29, 1.82) is 0 Å². The summed E-state index contributed by atoms with van der Waals surface area (Å²) < 4.78 is 42.8. The fourth-order valence-corrected chi connectivity index (χ4v) is 6.62. The van der Waals surface area contributed by atoms with Crippen molar-refractivity contribution in [2.75, 3.05) is 31.3 Å². The first kappa shape index (κ1) is 40.6. The zero-order chi connectivity index (χ0) is 40.7. The van der Waals surface area contributed by atoms with Gasteiger partial charge in [0, 0.05) is 35.6 Å². The average Bonchev–Trinajstić information content (AvgIpc) is 3.68. The number of carbonyl (C=O) groups excluding carboxylic acids is 2. The monoisotopic (exact) mass is 815 g/mol. The Hall–Kier alpha value is -6.05. The molecule has 2 aliphatic heterocycles. The van der Waals surface area contributed by atoms with E-state index >= 15 is 0 Å². The molecule has 296 valence electrons. The number of amides is 1.